The predicted molar refractivity (Wildman–Crippen MR) is 61.7 cm³/mol. The van der Waals surface area contributed by atoms with Crippen LogP contribution in [0.3, 0.4) is 0 Å². The zero-order chi connectivity index (χ0) is 14.1. The molecule has 1 aromatic heterocycles. The van der Waals surface area contributed by atoms with Crippen LogP contribution in [-0.4, -0.2) is 21.6 Å². The molecule has 1 fully saturated rings. The number of carboxylic acids is 1. The molecule has 0 atom stereocenters. The van der Waals surface area contributed by atoms with Crippen molar-refractivity contribution < 1.29 is 23.1 Å². The largest absolute Gasteiger partial charge is 0.481 e. The number of anilines is 1. The minimum atomic E-state index is -4.42. The smallest absolute Gasteiger partial charge is 0.417 e. The lowest BCUT2D eigenvalue weighted by atomic mass is 9.74. The molecule has 0 aliphatic heterocycles. The molecule has 1 aliphatic rings. The molecule has 0 unspecified atom stereocenters. The van der Waals surface area contributed by atoms with E-state index in [2.05, 4.69) is 10.3 Å². The maximum absolute atomic E-state index is 12.4. The zero-order valence-electron chi connectivity index (χ0n) is 10.00. The van der Waals surface area contributed by atoms with Gasteiger partial charge in [0.25, 0.3) is 0 Å². The summed E-state index contributed by atoms with van der Waals surface area (Å²) in [6.45, 7) is 0. The highest BCUT2D eigenvalue weighted by Gasteiger charge is 2.39. The number of alkyl halides is 3. The van der Waals surface area contributed by atoms with Crippen LogP contribution in [0.25, 0.3) is 0 Å². The number of nitrogens with zero attached hydrogens (tertiary/aromatic N) is 1. The number of hydrogen-bond donors (Lipinski definition) is 2. The fraction of sp³-hybridized carbons (Fsp3) is 0.500. The predicted octanol–water partition coefficient (Wildman–Crippen LogP) is 2.91. The molecule has 4 nitrogen and oxygen atoms in total. The third-order valence-corrected chi connectivity index (χ3v) is 3.28. The van der Waals surface area contributed by atoms with Crippen molar-refractivity contribution in [1.82, 2.24) is 4.98 Å². The second-order valence-electron chi connectivity index (χ2n) is 4.76. The molecule has 1 aliphatic carbocycles. The SMILES string of the molecule is O=C(O)CC1(Nc2ccc(C(F)(F)F)cn2)CCC1. The summed E-state index contributed by atoms with van der Waals surface area (Å²) in [5, 5.41) is 11.8. The Morgan fingerprint density at radius 1 is 1.42 bits per heavy atom. The van der Waals surface area contributed by atoms with Gasteiger partial charge in [0.05, 0.1) is 12.0 Å². The van der Waals surface area contributed by atoms with E-state index in [4.69, 9.17) is 5.11 Å². The lowest BCUT2D eigenvalue weighted by Crippen LogP contribution is -2.46. The Labute approximate surface area is 107 Å². The Balaban J connectivity index is 2.08. The quantitative estimate of drug-likeness (QED) is 0.886. The normalized spacial score (nSPS) is 17.6. The van der Waals surface area contributed by atoms with Crippen molar-refractivity contribution in [1.29, 1.82) is 0 Å². The maximum atomic E-state index is 12.4. The van der Waals surface area contributed by atoms with E-state index in [-0.39, 0.29) is 12.2 Å². The number of aromatic nitrogens is 1. The summed E-state index contributed by atoms with van der Waals surface area (Å²) < 4.78 is 37.1. The lowest BCUT2D eigenvalue weighted by molar-refractivity contribution is -0.139. The number of hydrogen-bond acceptors (Lipinski definition) is 3. The van der Waals surface area contributed by atoms with Crippen LogP contribution in [0, 0.1) is 0 Å². The molecule has 1 aromatic rings. The number of halogens is 3. The van der Waals surface area contributed by atoms with Crippen molar-refractivity contribution in [3.63, 3.8) is 0 Å². The van der Waals surface area contributed by atoms with E-state index < -0.39 is 23.2 Å². The van der Waals surface area contributed by atoms with Crippen molar-refractivity contribution >= 4 is 11.8 Å². The van der Waals surface area contributed by atoms with E-state index in [0.29, 0.717) is 12.8 Å². The van der Waals surface area contributed by atoms with Crippen LogP contribution in [0.2, 0.25) is 0 Å². The summed E-state index contributed by atoms with van der Waals surface area (Å²) in [5.74, 6) is -0.659. The second-order valence-corrected chi connectivity index (χ2v) is 4.76. The van der Waals surface area contributed by atoms with Crippen LogP contribution in [-0.2, 0) is 11.0 Å². The second kappa shape index (κ2) is 4.71. The first kappa shape index (κ1) is 13.6. The molecule has 0 spiro atoms. The van der Waals surface area contributed by atoms with Crippen LogP contribution >= 0.6 is 0 Å². The van der Waals surface area contributed by atoms with Crippen LogP contribution in [0.1, 0.15) is 31.2 Å². The number of carboxylic acid groups (broad SMARTS) is 1. The van der Waals surface area contributed by atoms with E-state index >= 15 is 0 Å². The molecule has 104 valence electrons. The number of nitrogens with one attached hydrogen (secondary N) is 1. The minimum Gasteiger partial charge on any atom is -0.481 e. The molecular formula is C12H13F3N2O2. The summed E-state index contributed by atoms with van der Waals surface area (Å²) in [6.07, 6.45) is -1.46. The van der Waals surface area contributed by atoms with E-state index in [0.717, 1.165) is 18.7 Å². The minimum absolute atomic E-state index is 0.0598. The molecule has 2 rings (SSSR count). The van der Waals surface area contributed by atoms with Gasteiger partial charge in [-0.25, -0.2) is 4.98 Å². The summed E-state index contributed by atoms with van der Waals surface area (Å²) in [4.78, 5) is 14.5. The molecule has 2 N–H and O–H groups in total. The highest BCUT2D eigenvalue weighted by atomic mass is 19.4. The molecule has 0 radical (unpaired) electrons. The topological polar surface area (TPSA) is 62.2 Å². The maximum Gasteiger partial charge on any atom is 0.417 e. The first-order chi connectivity index (χ1) is 8.81. The van der Waals surface area contributed by atoms with Crippen molar-refractivity contribution in [3.05, 3.63) is 23.9 Å². The lowest BCUT2D eigenvalue weighted by Gasteiger charge is -2.41. The Kier molecular flexibility index (Phi) is 3.38. The van der Waals surface area contributed by atoms with Gasteiger partial charge in [-0.3, -0.25) is 4.79 Å². The Hall–Kier alpha value is -1.79. The van der Waals surface area contributed by atoms with Gasteiger partial charge in [0.2, 0.25) is 0 Å². The van der Waals surface area contributed by atoms with Crippen molar-refractivity contribution in [2.45, 2.75) is 37.4 Å². The number of aliphatic carboxylic acids is 1. The number of carbonyl (C=O) groups is 1. The van der Waals surface area contributed by atoms with Gasteiger partial charge in [-0.05, 0) is 31.4 Å². The number of pyridine rings is 1. The van der Waals surface area contributed by atoms with Gasteiger partial charge >= 0.3 is 12.1 Å². The average Bonchev–Trinajstić information content (AvgIpc) is 2.25. The third-order valence-electron chi connectivity index (χ3n) is 3.28. The summed E-state index contributed by atoms with van der Waals surface area (Å²) in [7, 11) is 0. The van der Waals surface area contributed by atoms with E-state index in [9.17, 15) is 18.0 Å². The molecule has 0 aromatic carbocycles. The van der Waals surface area contributed by atoms with E-state index in [1.54, 1.807) is 0 Å². The fourth-order valence-electron chi connectivity index (χ4n) is 2.15. The Morgan fingerprint density at radius 2 is 2.11 bits per heavy atom. The molecule has 7 heteroatoms. The zero-order valence-corrected chi connectivity index (χ0v) is 10.00. The van der Waals surface area contributed by atoms with Crippen LogP contribution in [0.5, 0.6) is 0 Å². The molecular weight excluding hydrogens is 261 g/mol. The van der Waals surface area contributed by atoms with Gasteiger partial charge in [0, 0.05) is 11.7 Å². The average molecular weight is 274 g/mol. The summed E-state index contributed by atoms with van der Waals surface area (Å²) in [6, 6.07) is 2.16. The molecule has 1 heterocycles. The highest BCUT2D eigenvalue weighted by molar-refractivity contribution is 5.69. The van der Waals surface area contributed by atoms with Crippen LogP contribution in [0.4, 0.5) is 19.0 Å². The number of rotatable bonds is 4. The Morgan fingerprint density at radius 3 is 2.47 bits per heavy atom. The van der Waals surface area contributed by atoms with Crippen LogP contribution < -0.4 is 5.32 Å². The molecule has 0 bridgehead atoms. The van der Waals surface area contributed by atoms with Gasteiger partial charge in [0.1, 0.15) is 5.82 Å². The molecule has 0 amide bonds. The van der Waals surface area contributed by atoms with Gasteiger partial charge in [-0.15, -0.1) is 0 Å². The highest BCUT2D eigenvalue weighted by Crippen LogP contribution is 2.38. The van der Waals surface area contributed by atoms with Crippen LogP contribution in [0.15, 0.2) is 18.3 Å². The van der Waals surface area contributed by atoms with Gasteiger partial charge in [-0.1, -0.05) is 0 Å². The first-order valence-corrected chi connectivity index (χ1v) is 5.84. The van der Waals surface area contributed by atoms with Gasteiger partial charge in [-0.2, -0.15) is 13.2 Å². The monoisotopic (exact) mass is 274 g/mol. The van der Waals surface area contributed by atoms with Gasteiger partial charge < -0.3 is 10.4 Å². The van der Waals surface area contributed by atoms with E-state index in [1.165, 1.54) is 6.07 Å². The third kappa shape index (κ3) is 3.15. The molecule has 19 heavy (non-hydrogen) atoms. The first-order valence-electron chi connectivity index (χ1n) is 5.84. The van der Waals surface area contributed by atoms with Gasteiger partial charge in [0.15, 0.2) is 0 Å². The summed E-state index contributed by atoms with van der Waals surface area (Å²) in [5.41, 5.74) is -1.39. The molecule has 1 saturated carbocycles. The van der Waals surface area contributed by atoms with Crippen molar-refractivity contribution in [2.24, 2.45) is 0 Å². The standard InChI is InChI=1S/C12H13F3N2O2/c13-12(14,15)8-2-3-9(16-7-8)17-11(4-1-5-11)6-10(18)19/h2-3,7H,1,4-6H2,(H,16,17)(H,18,19). The van der Waals surface area contributed by atoms with E-state index in [1.807, 2.05) is 0 Å². The fourth-order valence-corrected chi connectivity index (χ4v) is 2.15. The van der Waals surface area contributed by atoms with Crippen molar-refractivity contribution in [3.8, 4) is 0 Å². The van der Waals surface area contributed by atoms with Crippen molar-refractivity contribution in [2.75, 3.05) is 5.32 Å². The summed E-state index contributed by atoms with van der Waals surface area (Å²) >= 11 is 0. The Bertz CT molecular complexity index is 467. The molecule has 0 saturated heterocycles.